The van der Waals surface area contributed by atoms with Gasteiger partial charge < -0.3 is 9.47 Å². The Morgan fingerprint density at radius 3 is 2.33 bits per heavy atom. The molecule has 87 valence electrons. The van der Waals surface area contributed by atoms with E-state index in [-0.39, 0.29) is 11.7 Å². The molecule has 0 aromatic rings. The summed E-state index contributed by atoms with van der Waals surface area (Å²) >= 11 is 0.969. The van der Waals surface area contributed by atoms with E-state index in [2.05, 4.69) is 32.3 Å². The summed E-state index contributed by atoms with van der Waals surface area (Å²) < 4.78 is 13.7. The highest BCUT2D eigenvalue weighted by Crippen LogP contribution is 2.37. The van der Waals surface area contributed by atoms with Gasteiger partial charge in [-0.2, -0.15) is 0 Å². The van der Waals surface area contributed by atoms with Crippen molar-refractivity contribution in [3.05, 3.63) is 11.8 Å². The Morgan fingerprint density at radius 1 is 1.47 bits per heavy atom. The van der Waals surface area contributed by atoms with E-state index in [4.69, 9.17) is 9.47 Å². The molecule has 15 heavy (non-hydrogen) atoms. The van der Waals surface area contributed by atoms with Crippen LogP contribution in [0.15, 0.2) is 4.58 Å². The van der Waals surface area contributed by atoms with Crippen molar-refractivity contribution in [2.45, 2.75) is 38.2 Å². The summed E-state index contributed by atoms with van der Waals surface area (Å²) in [5.41, 5.74) is -0.0490. The van der Waals surface area contributed by atoms with Gasteiger partial charge in [0.15, 0.2) is 6.29 Å². The van der Waals surface area contributed by atoms with Gasteiger partial charge >= 0.3 is 0 Å². The lowest BCUT2D eigenvalue weighted by atomic mass is 9.94. The molecule has 4 nitrogen and oxygen atoms in total. The van der Waals surface area contributed by atoms with E-state index in [1.807, 2.05) is 0 Å². The minimum atomic E-state index is -0.399. The fraction of sp³-hybridized carbons (Fsp3) is 0.900. The third-order valence-corrected chi connectivity index (χ3v) is 3.29. The molecule has 0 aliphatic carbocycles. The fourth-order valence-corrected chi connectivity index (χ4v) is 1.86. The number of hydrogen-bond acceptors (Lipinski definition) is 5. The Morgan fingerprint density at radius 2 is 2.00 bits per heavy atom. The zero-order valence-electron chi connectivity index (χ0n) is 9.49. The normalized spacial score (nSPS) is 32.7. The van der Waals surface area contributed by atoms with E-state index in [9.17, 15) is 4.91 Å². The first-order valence-electron chi connectivity index (χ1n) is 4.97. The zero-order valence-corrected chi connectivity index (χ0v) is 10.3. The molecule has 0 saturated carbocycles. The summed E-state index contributed by atoms with van der Waals surface area (Å²) in [4.78, 5) is 10.3. The van der Waals surface area contributed by atoms with E-state index in [1.165, 1.54) is 0 Å². The third-order valence-electron chi connectivity index (χ3n) is 2.39. The maximum absolute atomic E-state index is 10.3. The predicted octanol–water partition coefficient (Wildman–Crippen LogP) is 2.78. The van der Waals surface area contributed by atoms with E-state index in [0.29, 0.717) is 19.6 Å². The lowest BCUT2D eigenvalue weighted by Gasteiger charge is -2.41. The van der Waals surface area contributed by atoms with Crippen LogP contribution >= 0.6 is 11.9 Å². The summed E-state index contributed by atoms with van der Waals surface area (Å²) in [6.45, 7) is 10.9. The second kappa shape index (κ2) is 4.80. The second-order valence-electron chi connectivity index (χ2n) is 4.92. The number of ether oxygens (including phenoxy) is 2. The zero-order chi connectivity index (χ0) is 11.5. The van der Waals surface area contributed by atoms with E-state index in [0.717, 1.165) is 11.9 Å². The lowest BCUT2D eigenvalue weighted by molar-refractivity contribution is -0.234. The van der Waals surface area contributed by atoms with E-state index >= 15 is 0 Å². The van der Waals surface area contributed by atoms with Crippen LogP contribution in [-0.4, -0.2) is 24.3 Å². The maximum atomic E-state index is 10.3. The highest BCUT2D eigenvalue weighted by atomic mass is 32.2. The molecule has 0 aromatic carbocycles. The highest BCUT2D eigenvalue weighted by molar-refractivity contribution is 7.99. The molecule has 0 atom stereocenters. The van der Waals surface area contributed by atoms with Crippen LogP contribution in [0, 0.1) is 17.2 Å². The van der Waals surface area contributed by atoms with Crippen LogP contribution in [0.2, 0.25) is 0 Å². The molecule has 5 heteroatoms. The van der Waals surface area contributed by atoms with Gasteiger partial charge in [-0.25, -0.2) is 0 Å². The van der Waals surface area contributed by atoms with Crippen molar-refractivity contribution in [2.24, 2.45) is 10.00 Å². The van der Waals surface area contributed by atoms with Crippen molar-refractivity contribution < 1.29 is 9.47 Å². The van der Waals surface area contributed by atoms with E-state index in [1.54, 1.807) is 0 Å². The molecule has 1 fully saturated rings. The first kappa shape index (κ1) is 12.9. The standard InChI is InChI=1S/C10H18NO3S/c1-5-10(15-11-12)6-13-8(14-7-10)9(2,3)4/h8H,1,5-7H2,2-4H3. The molecule has 0 amide bonds. The summed E-state index contributed by atoms with van der Waals surface area (Å²) in [5.74, 6) is 0. The first-order chi connectivity index (χ1) is 6.93. The van der Waals surface area contributed by atoms with Gasteiger partial charge in [0.1, 0.15) is 0 Å². The van der Waals surface area contributed by atoms with Crippen molar-refractivity contribution in [3.8, 4) is 0 Å². The van der Waals surface area contributed by atoms with Gasteiger partial charge in [-0.1, -0.05) is 27.7 Å². The van der Waals surface area contributed by atoms with Crippen molar-refractivity contribution in [2.75, 3.05) is 13.2 Å². The Balaban J connectivity index is 2.57. The highest BCUT2D eigenvalue weighted by Gasteiger charge is 2.40. The van der Waals surface area contributed by atoms with Gasteiger partial charge in [-0.3, -0.25) is 0 Å². The van der Waals surface area contributed by atoms with Crippen molar-refractivity contribution in [1.29, 1.82) is 0 Å². The van der Waals surface area contributed by atoms with Crippen molar-refractivity contribution >= 4 is 11.9 Å². The Kier molecular flexibility index (Phi) is 4.14. The predicted molar refractivity (Wildman–Crippen MR) is 61.2 cm³/mol. The molecule has 0 bridgehead atoms. The summed E-state index contributed by atoms with van der Waals surface area (Å²) in [6, 6.07) is 0. The molecule has 1 saturated heterocycles. The van der Waals surface area contributed by atoms with Gasteiger partial charge in [0.2, 0.25) is 0 Å². The molecular formula is C10H18NO3S. The Bertz CT molecular complexity index is 219. The van der Waals surface area contributed by atoms with Crippen molar-refractivity contribution in [3.63, 3.8) is 0 Å². The molecule has 1 aliphatic heterocycles. The molecule has 1 aliphatic rings. The molecule has 0 aromatic heterocycles. The largest absolute Gasteiger partial charge is 0.350 e. The van der Waals surface area contributed by atoms with Gasteiger partial charge in [0, 0.05) is 21.9 Å². The quantitative estimate of drug-likeness (QED) is 0.554. The minimum absolute atomic E-state index is 0.0490. The first-order valence-corrected chi connectivity index (χ1v) is 5.74. The summed E-state index contributed by atoms with van der Waals surface area (Å²) in [6.07, 6.45) is 0.352. The topological polar surface area (TPSA) is 47.9 Å². The Hall–Kier alpha value is -0.130. The smallest absolute Gasteiger partial charge is 0.162 e. The minimum Gasteiger partial charge on any atom is -0.350 e. The summed E-state index contributed by atoms with van der Waals surface area (Å²) in [5, 5.41) is 0. The second-order valence-corrected chi connectivity index (χ2v) is 6.12. The molecule has 0 N–H and O–H groups in total. The van der Waals surface area contributed by atoms with Crippen LogP contribution in [0.3, 0.4) is 0 Å². The molecule has 1 radical (unpaired) electrons. The maximum Gasteiger partial charge on any atom is 0.162 e. The average Bonchev–Trinajstić information content (AvgIpc) is 2.17. The van der Waals surface area contributed by atoms with Gasteiger partial charge in [-0.05, 0) is 6.42 Å². The monoisotopic (exact) mass is 232 g/mol. The molecular weight excluding hydrogens is 214 g/mol. The molecule has 1 heterocycles. The van der Waals surface area contributed by atoms with Crippen LogP contribution in [-0.2, 0) is 9.47 Å². The van der Waals surface area contributed by atoms with E-state index < -0.39 is 4.75 Å². The number of hydrogen-bond donors (Lipinski definition) is 0. The van der Waals surface area contributed by atoms with Gasteiger partial charge in [-0.15, -0.1) is 4.91 Å². The number of rotatable bonds is 3. The van der Waals surface area contributed by atoms with Gasteiger partial charge in [0.05, 0.1) is 18.0 Å². The van der Waals surface area contributed by atoms with Crippen LogP contribution in [0.4, 0.5) is 0 Å². The number of nitrogens with zero attached hydrogens (tertiary/aromatic N) is 1. The van der Waals surface area contributed by atoms with Gasteiger partial charge in [0.25, 0.3) is 0 Å². The van der Waals surface area contributed by atoms with Crippen LogP contribution < -0.4 is 0 Å². The third kappa shape index (κ3) is 3.16. The lowest BCUT2D eigenvalue weighted by Crippen LogP contribution is -2.48. The summed E-state index contributed by atoms with van der Waals surface area (Å²) in [7, 11) is 0. The van der Waals surface area contributed by atoms with Crippen LogP contribution in [0.1, 0.15) is 27.2 Å². The number of nitroso groups, excluding NO2 is 1. The molecule has 1 rings (SSSR count). The SMILES string of the molecule is [CH2]CC1(SN=O)COC(C(C)(C)C)OC1. The Labute approximate surface area is 95.2 Å². The van der Waals surface area contributed by atoms with Crippen LogP contribution in [0.25, 0.3) is 0 Å². The molecule has 0 spiro atoms. The van der Waals surface area contributed by atoms with Crippen LogP contribution in [0.5, 0.6) is 0 Å². The van der Waals surface area contributed by atoms with Crippen molar-refractivity contribution in [1.82, 2.24) is 0 Å². The average molecular weight is 232 g/mol. The molecule has 0 unspecified atom stereocenters. The fourth-order valence-electron chi connectivity index (χ4n) is 1.37.